The van der Waals surface area contributed by atoms with Crippen molar-refractivity contribution in [2.45, 2.75) is 50.2 Å². The van der Waals surface area contributed by atoms with Crippen molar-refractivity contribution in [1.82, 2.24) is 14.5 Å². The minimum Gasteiger partial charge on any atom is -0.444 e. The highest BCUT2D eigenvalue weighted by Gasteiger charge is 2.31. The number of nitrogens with one attached hydrogen (secondary N) is 1. The number of carbonyl (C=O) groups excluding carboxylic acids is 2. The van der Waals surface area contributed by atoms with Gasteiger partial charge in [0.1, 0.15) is 5.60 Å². The predicted molar refractivity (Wildman–Crippen MR) is 111 cm³/mol. The molecule has 2 aliphatic rings. The molecule has 2 fully saturated rings. The molecular formula is C19H26BrN3O5S. The van der Waals surface area contributed by atoms with Gasteiger partial charge in [-0.05, 0) is 67.7 Å². The van der Waals surface area contributed by atoms with Crippen molar-refractivity contribution < 1.29 is 22.7 Å². The number of hydrogen-bond donors (Lipinski definition) is 1. The lowest BCUT2D eigenvalue weighted by molar-refractivity contribution is 0.0140. The number of ether oxygens (including phenoxy) is 1. The Hall–Kier alpha value is -1.65. The quantitative estimate of drug-likeness (QED) is 0.703. The van der Waals surface area contributed by atoms with E-state index in [4.69, 9.17) is 4.74 Å². The molecule has 0 unspecified atom stereocenters. The SMILES string of the molecule is CC(C)(C)OC(=O)N1CCN(C(=O)c2cc(S(=O)(=O)NC3CC3)ccc2Br)CC1. The maximum atomic E-state index is 13.0. The molecule has 1 N–H and O–H groups in total. The number of halogens is 1. The summed E-state index contributed by atoms with van der Waals surface area (Å²) in [4.78, 5) is 28.4. The van der Waals surface area contributed by atoms with Crippen molar-refractivity contribution in [2.24, 2.45) is 0 Å². The summed E-state index contributed by atoms with van der Waals surface area (Å²) in [6.45, 7) is 6.84. The molecule has 1 aliphatic heterocycles. The third-order valence-corrected chi connectivity index (χ3v) is 6.81. The van der Waals surface area contributed by atoms with Crippen molar-refractivity contribution in [2.75, 3.05) is 26.2 Å². The Labute approximate surface area is 179 Å². The normalized spacial score (nSPS) is 17.9. The number of amides is 2. The van der Waals surface area contributed by atoms with E-state index < -0.39 is 21.7 Å². The third-order valence-electron chi connectivity index (χ3n) is 4.60. The van der Waals surface area contributed by atoms with Crippen LogP contribution in [0, 0.1) is 0 Å². The fraction of sp³-hybridized carbons (Fsp3) is 0.579. The van der Waals surface area contributed by atoms with Crippen LogP contribution in [0.4, 0.5) is 4.79 Å². The van der Waals surface area contributed by atoms with Gasteiger partial charge < -0.3 is 14.5 Å². The smallest absolute Gasteiger partial charge is 0.410 e. The first-order valence-corrected chi connectivity index (χ1v) is 11.8. The largest absolute Gasteiger partial charge is 0.444 e. The number of carbonyl (C=O) groups is 2. The summed E-state index contributed by atoms with van der Waals surface area (Å²) >= 11 is 3.35. The first-order chi connectivity index (χ1) is 13.5. The van der Waals surface area contributed by atoms with Crippen LogP contribution in [0.5, 0.6) is 0 Å². The highest BCUT2D eigenvalue weighted by Crippen LogP contribution is 2.26. The fourth-order valence-electron chi connectivity index (χ4n) is 2.91. The lowest BCUT2D eigenvalue weighted by atomic mass is 10.2. The van der Waals surface area contributed by atoms with Gasteiger partial charge in [0.25, 0.3) is 5.91 Å². The molecule has 0 aromatic heterocycles. The average Bonchev–Trinajstić information content (AvgIpc) is 3.43. The Kier molecular flexibility index (Phi) is 6.26. The second kappa shape index (κ2) is 8.23. The van der Waals surface area contributed by atoms with E-state index in [1.807, 2.05) is 0 Å². The van der Waals surface area contributed by atoms with Crippen LogP contribution in [-0.2, 0) is 14.8 Å². The molecule has 160 valence electrons. The lowest BCUT2D eigenvalue weighted by Crippen LogP contribution is -2.51. The predicted octanol–water partition coefficient (Wildman–Crippen LogP) is 2.58. The number of piperazine rings is 1. The zero-order chi connectivity index (χ0) is 21.4. The summed E-state index contributed by atoms with van der Waals surface area (Å²) in [7, 11) is -3.65. The van der Waals surface area contributed by atoms with Gasteiger partial charge >= 0.3 is 6.09 Å². The topological polar surface area (TPSA) is 96.0 Å². The second-order valence-electron chi connectivity index (χ2n) is 8.30. The van der Waals surface area contributed by atoms with Gasteiger partial charge in [-0.1, -0.05) is 0 Å². The van der Waals surface area contributed by atoms with Gasteiger partial charge in [-0.25, -0.2) is 17.9 Å². The van der Waals surface area contributed by atoms with Crippen LogP contribution >= 0.6 is 15.9 Å². The van der Waals surface area contributed by atoms with Crippen molar-refractivity contribution in [1.29, 1.82) is 0 Å². The van der Waals surface area contributed by atoms with E-state index in [0.29, 0.717) is 30.7 Å². The molecule has 2 amide bonds. The minimum atomic E-state index is -3.65. The van der Waals surface area contributed by atoms with Gasteiger partial charge in [-0.3, -0.25) is 4.79 Å². The third kappa shape index (κ3) is 5.70. The van der Waals surface area contributed by atoms with Crippen molar-refractivity contribution in [3.63, 3.8) is 0 Å². The molecule has 1 heterocycles. The first kappa shape index (κ1) is 22.0. The molecule has 0 spiro atoms. The van der Waals surface area contributed by atoms with Crippen LogP contribution in [0.25, 0.3) is 0 Å². The number of hydrogen-bond acceptors (Lipinski definition) is 5. The van der Waals surface area contributed by atoms with Gasteiger partial charge in [-0.2, -0.15) is 0 Å². The molecule has 29 heavy (non-hydrogen) atoms. The number of benzene rings is 1. The van der Waals surface area contributed by atoms with Crippen molar-refractivity contribution >= 4 is 38.0 Å². The van der Waals surface area contributed by atoms with Gasteiger partial charge in [0.2, 0.25) is 10.0 Å². The zero-order valence-corrected chi connectivity index (χ0v) is 19.2. The molecule has 10 heteroatoms. The molecule has 0 atom stereocenters. The Bertz CT molecular complexity index is 901. The minimum absolute atomic E-state index is 0.0104. The van der Waals surface area contributed by atoms with Gasteiger partial charge in [-0.15, -0.1) is 0 Å². The zero-order valence-electron chi connectivity index (χ0n) is 16.8. The molecular weight excluding hydrogens is 462 g/mol. The fourth-order valence-corrected chi connectivity index (χ4v) is 4.66. The van der Waals surface area contributed by atoms with Crippen LogP contribution in [0.15, 0.2) is 27.6 Å². The van der Waals surface area contributed by atoms with E-state index >= 15 is 0 Å². The number of nitrogens with zero attached hydrogens (tertiary/aromatic N) is 2. The number of sulfonamides is 1. The van der Waals surface area contributed by atoms with Crippen LogP contribution in [0.1, 0.15) is 44.0 Å². The van der Waals surface area contributed by atoms with Gasteiger partial charge in [0, 0.05) is 36.7 Å². The molecule has 3 rings (SSSR count). The molecule has 0 bridgehead atoms. The maximum absolute atomic E-state index is 13.0. The average molecular weight is 488 g/mol. The van der Waals surface area contributed by atoms with E-state index in [9.17, 15) is 18.0 Å². The van der Waals surface area contributed by atoms with E-state index in [-0.39, 0.29) is 22.4 Å². The summed E-state index contributed by atoms with van der Waals surface area (Å²) in [6, 6.07) is 4.44. The monoisotopic (exact) mass is 487 g/mol. The molecule has 1 aromatic carbocycles. The van der Waals surface area contributed by atoms with Crippen LogP contribution in [-0.4, -0.2) is 68.0 Å². The first-order valence-electron chi connectivity index (χ1n) is 9.55. The Balaban J connectivity index is 1.68. The molecule has 1 saturated heterocycles. The maximum Gasteiger partial charge on any atom is 0.410 e. The molecule has 1 saturated carbocycles. The standard InChI is InChI=1S/C19H26BrN3O5S/c1-19(2,3)28-18(25)23-10-8-22(9-11-23)17(24)15-12-14(6-7-16(15)20)29(26,27)21-13-4-5-13/h6-7,12-13,21H,4-5,8-11H2,1-3H3. The Morgan fingerprint density at radius 3 is 2.24 bits per heavy atom. The lowest BCUT2D eigenvalue weighted by Gasteiger charge is -2.35. The van der Waals surface area contributed by atoms with Crippen LogP contribution in [0.2, 0.25) is 0 Å². The van der Waals surface area contributed by atoms with Gasteiger partial charge in [0.05, 0.1) is 10.5 Å². The summed E-state index contributed by atoms with van der Waals surface area (Å²) in [5.74, 6) is -0.274. The highest BCUT2D eigenvalue weighted by atomic mass is 79.9. The Morgan fingerprint density at radius 1 is 1.10 bits per heavy atom. The van der Waals surface area contributed by atoms with Gasteiger partial charge in [0.15, 0.2) is 0 Å². The molecule has 1 aromatic rings. The van der Waals surface area contributed by atoms with Crippen molar-refractivity contribution in [3.8, 4) is 0 Å². The highest BCUT2D eigenvalue weighted by molar-refractivity contribution is 9.10. The summed E-state index contributed by atoms with van der Waals surface area (Å²) in [5, 5.41) is 0. The van der Waals surface area contributed by atoms with Crippen molar-refractivity contribution in [3.05, 3.63) is 28.2 Å². The molecule has 8 nitrogen and oxygen atoms in total. The summed E-state index contributed by atoms with van der Waals surface area (Å²) < 4.78 is 33.5. The summed E-state index contributed by atoms with van der Waals surface area (Å²) in [5.41, 5.74) is -0.288. The van der Waals surface area contributed by atoms with E-state index in [0.717, 1.165) is 12.8 Å². The molecule has 0 radical (unpaired) electrons. The van der Waals surface area contributed by atoms with E-state index in [2.05, 4.69) is 20.7 Å². The Morgan fingerprint density at radius 2 is 1.69 bits per heavy atom. The second-order valence-corrected chi connectivity index (χ2v) is 10.9. The van der Waals surface area contributed by atoms with E-state index in [1.165, 1.54) is 12.1 Å². The molecule has 1 aliphatic carbocycles. The van der Waals surface area contributed by atoms with Crippen LogP contribution in [0.3, 0.4) is 0 Å². The van der Waals surface area contributed by atoms with Crippen LogP contribution < -0.4 is 4.72 Å². The number of rotatable bonds is 4. The summed E-state index contributed by atoms with van der Waals surface area (Å²) in [6.07, 6.45) is 1.28. The van der Waals surface area contributed by atoms with E-state index in [1.54, 1.807) is 36.6 Å².